The van der Waals surface area contributed by atoms with Crippen molar-refractivity contribution in [1.82, 2.24) is 9.55 Å². The van der Waals surface area contributed by atoms with Crippen molar-refractivity contribution in [1.29, 1.82) is 0 Å². The first-order chi connectivity index (χ1) is 12.6. The van der Waals surface area contributed by atoms with Gasteiger partial charge in [-0.15, -0.1) is 11.3 Å². The van der Waals surface area contributed by atoms with E-state index in [-0.39, 0.29) is 0 Å². The van der Waals surface area contributed by atoms with Crippen LogP contribution >= 0.6 is 22.9 Å². The summed E-state index contributed by atoms with van der Waals surface area (Å²) in [5.41, 5.74) is 5.47. The number of rotatable bonds is 5. The van der Waals surface area contributed by atoms with Crippen molar-refractivity contribution in [3.63, 3.8) is 0 Å². The van der Waals surface area contributed by atoms with Crippen LogP contribution in [0.25, 0.3) is 11.3 Å². The quantitative estimate of drug-likeness (QED) is 0.441. The molecule has 3 aromatic heterocycles. The Morgan fingerprint density at radius 3 is 2.73 bits per heavy atom. The average molecular weight is 384 g/mol. The number of hydrogen-bond donors (Lipinski definition) is 1. The third-order valence-corrected chi connectivity index (χ3v) is 5.35. The summed E-state index contributed by atoms with van der Waals surface area (Å²) in [5.74, 6) is 0.946. The molecule has 1 aromatic carbocycles. The largest absolute Gasteiger partial charge is 0.467 e. The molecule has 6 heteroatoms. The van der Waals surface area contributed by atoms with Gasteiger partial charge in [0.1, 0.15) is 5.76 Å². The van der Waals surface area contributed by atoms with Gasteiger partial charge in [-0.05, 0) is 56.3 Å². The van der Waals surface area contributed by atoms with Gasteiger partial charge in [-0.2, -0.15) is 0 Å². The summed E-state index contributed by atoms with van der Waals surface area (Å²) in [5, 5.41) is 6.99. The lowest BCUT2D eigenvalue weighted by atomic mass is 10.2. The first-order valence-corrected chi connectivity index (χ1v) is 9.53. The minimum atomic E-state index is 0.722. The second-order valence-electron chi connectivity index (χ2n) is 6.12. The Labute approximate surface area is 161 Å². The number of anilines is 2. The maximum absolute atomic E-state index is 5.93. The number of nitrogens with one attached hydrogen (secondary N) is 1. The molecule has 0 saturated carbocycles. The Kier molecular flexibility index (Phi) is 4.57. The topological polar surface area (TPSA) is 43.0 Å². The van der Waals surface area contributed by atoms with Gasteiger partial charge in [0.2, 0.25) is 0 Å². The Balaban J connectivity index is 1.58. The van der Waals surface area contributed by atoms with Crippen LogP contribution in [0.1, 0.15) is 17.1 Å². The summed E-state index contributed by atoms with van der Waals surface area (Å²) in [6.07, 6.45) is 1.71. The zero-order valence-electron chi connectivity index (χ0n) is 14.5. The van der Waals surface area contributed by atoms with E-state index >= 15 is 0 Å². The van der Waals surface area contributed by atoms with Gasteiger partial charge in [0.05, 0.1) is 18.5 Å². The summed E-state index contributed by atoms with van der Waals surface area (Å²) < 4.78 is 7.74. The summed E-state index contributed by atoms with van der Waals surface area (Å²) in [4.78, 5) is 4.75. The number of aromatic nitrogens is 2. The van der Waals surface area contributed by atoms with E-state index in [1.165, 1.54) is 11.4 Å². The fourth-order valence-corrected chi connectivity index (χ4v) is 3.83. The van der Waals surface area contributed by atoms with Gasteiger partial charge in [0.25, 0.3) is 0 Å². The van der Waals surface area contributed by atoms with Gasteiger partial charge < -0.3 is 14.3 Å². The number of nitrogens with zero attached hydrogens (tertiary/aromatic N) is 2. The van der Waals surface area contributed by atoms with E-state index in [2.05, 4.69) is 35.2 Å². The zero-order chi connectivity index (χ0) is 18.1. The SMILES string of the molecule is Cc1cc(-c2csc(Nc3ccc(Cl)cc3)n2)c(C)n1Cc1ccco1. The van der Waals surface area contributed by atoms with Crippen LogP contribution in [0.5, 0.6) is 0 Å². The minimum absolute atomic E-state index is 0.722. The predicted octanol–water partition coefficient (Wildman–Crippen LogP) is 6.27. The average Bonchev–Trinajstić information content (AvgIpc) is 3.35. The molecular formula is C20H18ClN3OS. The van der Waals surface area contributed by atoms with E-state index in [9.17, 15) is 0 Å². The summed E-state index contributed by atoms with van der Waals surface area (Å²) in [7, 11) is 0. The van der Waals surface area contributed by atoms with Gasteiger partial charge in [-0.25, -0.2) is 4.98 Å². The second-order valence-corrected chi connectivity index (χ2v) is 7.41. The fraction of sp³-hybridized carbons (Fsp3) is 0.150. The second kappa shape index (κ2) is 7.02. The zero-order valence-corrected chi connectivity index (χ0v) is 16.1. The van der Waals surface area contributed by atoms with Crippen LogP contribution in [0.3, 0.4) is 0 Å². The van der Waals surface area contributed by atoms with Gasteiger partial charge in [-0.3, -0.25) is 0 Å². The van der Waals surface area contributed by atoms with Crippen molar-refractivity contribution in [3.05, 3.63) is 76.3 Å². The van der Waals surface area contributed by atoms with Gasteiger partial charge >= 0.3 is 0 Å². The highest BCUT2D eigenvalue weighted by Gasteiger charge is 2.14. The molecule has 0 aliphatic rings. The third kappa shape index (κ3) is 3.41. The Morgan fingerprint density at radius 1 is 1.19 bits per heavy atom. The molecule has 4 nitrogen and oxygen atoms in total. The third-order valence-electron chi connectivity index (χ3n) is 4.34. The molecule has 0 aliphatic heterocycles. The van der Waals surface area contributed by atoms with Crippen molar-refractivity contribution in [2.24, 2.45) is 0 Å². The standard InChI is InChI=1S/C20H18ClN3OS/c1-13-10-18(14(2)24(13)11-17-4-3-9-25-17)19-12-26-20(23-19)22-16-7-5-15(21)6-8-16/h3-10,12H,11H2,1-2H3,(H,22,23). The predicted molar refractivity (Wildman–Crippen MR) is 108 cm³/mol. The molecule has 4 rings (SSSR count). The van der Waals surface area contributed by atoms with Crippen LogP contribution < -0.4 is 5.32 Å². The molecule has 0 saturated heterocycles. The van der Waals surface area contributed by atoms with Crippen LogP contribution in [0.4, 0.5) is 10.8 Å². The van der Waals surface area contributed by atoms with Crippen LogP contribution in [0, 0.1) is 13.8 Å². The highest BCUT2D eigenvalue weighted by molar-refractivity contribution is 7.14. The van der Waals surface area contributed by atoms with Crippen LogP contribution in [0.2, 0.25) is 5.02 Å². The van der Waals surface area contributed by atoms with E-state index in [0.29, 0.717) is 0 Å². The summed E-state index contributed by atoms with van der Waals surface area (Å²) in [6, 6.07) is 13.7. The van der Waals surface area contributed by atoms with Crippen LogP contribution in [-0.4, -0.2) is 9.55 Å². The normalized spacial score (nSPS) is 11.0. The van der Waals surface area contributed by atoms with E-state index in [0.717, 1.165) is 39.4 Å². The lowest BCUT2D eigenvalue weighted by Gasteiger charge is -2.07. The maximum atomic E-state index is 5.93. The van der Waals surface area contributed by atoms with Gasteiger partial charge in [0, 0.05) is 33.0 Å². The number of halogens is 1. The van der Waals surface area contributed by atoms with E-state index in [1.54, 1.807) is 17.6 Å². The number of thiazole rings is 1. The minimum Gasteiger partial charge on any atom is -0.467 e. The Bertz CT molecular complexity index is 1020. The van der Waals surface area contributed by atoms with Crippen molar-refractivity contribution < 1.29 is 4.42 Å². The van der Waals surface area contributed by atoms with Gasteiger partial charge in [-0.1, -0.05) is 11.6 Å². The number of hydrogen-bond acceptors (Lipinski definition) is 4. The van der Waals surface area contributed by atoms with Crippen molar-refractivity contribution >= 4 is 33.8 Å². The molecule has 0 atom stereocenters. The molecule has 0 bridgehead atoms. The number of furan rings is 1. The van der Waals surface area contributed by atoms with Gasteiger partial charge in [0.15, 0.2) is 5.13 Å². The number of aryl methyl sites for hydroxylation is 1. The lowest BCUT2D eigenvalue weighted by Crippen LogP contribution is -2.02. The van der Waals surface area contributed by atoms with E-state index in [1.807, 2.05) is 36.4 Å². The van der Waals surface area contributed by atoms with E-state index < -0.39 is 0 Å². The summed E-state index contributed by atoms with van der Waals surface area (Å²) >= 11 is 7.52. The first-order valence-electron chi connectivity index (χ1n) is 8.28. The highest BCUT2D eigenvalue weighted by Crippen LogP contribution is 2.31. The monoisotopic (exact) mass is 383 g/mol. The van der Waals surface area contributed by atoms with E-state index in [4.69, 9.17) is 21.0 Å². The van der Waals surface area contributed by atoms with Crippen molar-refractivity contribution in [3.8, 4) is 11.3 Å². The molecule has 4 aromatic rings. The molecule has 0 aliphatic carbocycles. The lowest BCUT2D eigenvalue weighted by molar-refractivity contribution is 0.489. The molecule has 132 valence electrons. The molecule has 0 spiro atoms. The van der Waals surface area contributed by atoms with Crippen LogP contribution in [0.15, 0.2) is 58.5 Å². The molecule has 0 unspecified atom stereocenters. The number of benzene rings is 1. The van der Waals surface area contributed by atoms with Crippen molar-refractivity contribution in [2.45, 2.75) is 20.4 Å². The smallest absolute Gasteiger partial charge is 0.187 e. The first kappa shape index (κ1) is 16.9. The van der Waals surface area contributed by atoms with Crippen molar-refractivity contribution in [2.75, 3.05) is 5.32 Å². The fourth-order valence-electron chi connectivity index (χ4n) is 2.97. The maximum Gasteiger partial charge on any atom is 0.187 e. The Hall–Kier alpha value is -2.50. The highest BCUT2D eigenvalue weighted by atomic mass is 35.5. The summed E-state index contributed by atoms with van der Waals surface area (Å²) in [6.45, 7) is 4.96. The molecule has 0 amide bonds. The Morgan fingerprint density at radius 2 is 2.00 bits per heavy atom. The molecule has 3 heterocycles. The molecular weight excluding hydrogens is 366 g/mol. The molecule has 0 radical (unpaired) electrons. The molecule has 0 fully saturated rings. The molecule has 26 heavy (non-hydrogen) atoms. The van der Waals surface area contributed by atoms with Crippen LogP contribution in [-0.2, 0) is 6.54 Å². The molecule has 1 N–H and O–H groups in total.